The predicted octanol–water partition coefficient (Wildman–Crippen LogP) is 4.46. The molecule has 0 bridgehead atoms. The van der Waals surface area contributed by atoms with E-state index in [1.54, 1.807) is 35.0 Å². The van der Waals surface area contributed by atoms with E-state index in [1.165, 1.54) is 13.8 Å². The smallest absolute Gasteiger partial charge is 0.390 e. The first-order chi connectivity index (χ1) is 12.6. The molecule has 1 aliphatic heterocycles. The third kappa shape index (κ3) is 3.14. The van der Waals surface area contributed by atoms with Crippen molar-refractivity contribution in [2.75, 3.05) is 4.90 Å². The van der Waals surface area contributed by atoms with E-state index < -0.39 is 23.7 Å². The van der Waals surface area contributed by atoms with Gasteiger partial charge < -0.3 is 10.0 Å². The third-order valence-electron chi connectivity index (χ3n) is 5.55. The van der Waals surface area contributed by atoms with Crippen molar-refractivity contribution in [2.45, 2.75) is 45.6 Å². The number of aliphatic hydroxyl groups excluding tert-OH is 1. The SMILES string of the molecule is CC(c1cnn(C)c1CO)N1c2ccccc2C=CC1C(C)(C)C(F)(F)F. The minimum atomic E-state index is -4.37. The Labute approximate surface area is 156 Å². The number of aryl methyl sites for hydroxylation is 1. The molecule has 7 heteroatoms. The average molecular weight is 379 g/mol. The number of halogens is 3. The molecule has 0 radical (unpaired) electrons. The fraction of sp³-hybridized carbons (Fsp3) is 0.450. The van der Waals surface area contributed by atoms with Gasteiger partial charge in [-0.1, -0.05) is 30.4 Å². The van der Waals surface area contributed by atoms with E-state index in [0.717, 1.165) is 11.3 Å². The summed E-state index contributed by atoms with van der Waals surface area (Å²) in [6, 6.07) is 6.12. The molecule has 3 rings (SSSR count). The van der Waals surface area contributed by atoms with Crippen molar-refractivity contribution in [3.05, 3.63) is 53.4 Å². The van der Waals surface area contributed by atoms with E-state index in [2.05, 4.69) is 5.10 Å². The highest BCUT2D eigenvalue weighted by molar-refractivity contribution is 5.73. The molecular weight excluding hydrogens is 355 g/mol. The Balaban J connectivity index is 2.15. The molecule has 0 saturated heterocycles. The summed E-state index contributed by atoms with van der Waals surface area (Å²) in [6.07, 6.45) is 0.629. The summed E-state index contributed by atoms with van der Waals surface area (Å²) >= 11 is 0. The highest BCUT2D eigenvalue weighted by atomic mass is 19.4. The standard InChI is InChI=1S/C20H24F3N3O/c1-13(15-11-24-25(4)17(15)12-27)26-16-8-6-5-7-14(16)9-10-18(26)19(2,3)20(21,22)23/h5-11,13,18,27H,12H2,1-4H3. The molecule has 0 fully saturated rings. The molecule has 0 spiro atoms. The van der Waals surface area contributed by atoms with Crippen LogP contribution in [0.15, 0.2) is 36.5 Å². The van der Waals surface area contributed by atoms with Crippen LogP contribution in [0.4, 0.5) is 18.9 Å². The van der Waals surface area contributed by atoms with Gasteiger partial charge in [-0.25, -0.2) is 0 Å². The van der Waals surface area contributed by atoms with E-state index in [9.17, 15) is 18.3 Å². The zero-order valence-electron chi connectivity index (χ0n) is 15.8. The van der Waals surface area contributed by atoms with Crippen LogP contribution in [0.2, 0.25) is 0 Å². The van der Waals surface area contributed by atoms with Crippen molar-refractivity contribution in [1.29, 1.82) is 0 Å². The number of aromatic nitrogens is 2. The molecule has 1 N–H and O–H groups in total. The van der Waals surface area contributed by atoms with Crippen LogP contribution < -0.4 is 4.90 Å². The molecule has 2 atom stereocenters. The summed E-state index contributed by atoms with van der Waals surface area (Å²) in [7, 11) is 1.71. The Hall–Kier alpha value is -2.28. The highest BCUT2D eigenvalue weighted by Gasteiger charge is 2.54. The molecule has 146 valence electrons. The zero-order valence-corrected chi connectivity index (χ0v) is 15.8. The normalized spacial score (nSPS) is 18.5. The van der Waals surface area contributed by atoms with E-state index in [4.69, 9.17) is 0 Å². The second-order valence-electron chi connectivity index (χ2n) is 7.49. The summed E-state index contributed by atoms with van der Waals surface area (Å²) in [4.78, 5) is 1.79. The Kier molecular flexibility index (Phi) is 4.84. The van der Waals surface area contributed by atoms with Gasteiger partial charge >= 0.3 is 6.18 Å². The van der Waals surface area contributed by atoms with Crippen LogP contribution >= 0.6 is 0 Å². The molecule has 27 heavy (non-hydrogen) atoms. The molecule has 0 aliphatic carbocycles. The second-order valence-corrected chi connectivity index (χ2v) is 7.49. The number of hydrogen-bond acceptors (Lipinski definition) is 3. The number of para-hydroxylation sites is 1. The number of alkyl halides is 3. The van der Waals surface area contributed by atoms with Crippen LogP contribution in [-0.2, 0) is 13.7 Å². The van der Waals surface area contributed by atoms with Crippen molar-refractivity contribution in [1.82, 2.24) is 9.78 Å². The molecular formula is C20H24F3N3O. The van der Waals surface area contributed by atoms with Gasteiger partial charge in [0.25, 0.3) is 0 Å². The van der Waals surface area contributed by atoms with Crippen molar-refractivity contribution in [3.8, 4) is 0 Å². The molecule has 2 aromatic rings. The number of fused-ring (bicyclic) bond motifs is 1. The summed E-state index contributed by atoms with van der Waals surface area (Å²) < 4.78 is 43.2. The van der Waals surface area contributed by atoms with Crippen molar-refractivity contribution in [2.24, 2.45) is 12.5 Å². The van der Waals surface area contributed by atoms with Gasteiger partial charge in [0.15, 0.2) is 0 Å². The van der Waals surface area contributed by atoms with Gasteiger partial charge in [-0.2, -0.15) is 18.3 Å². The van der Waals surface area contributed by atoms with Gasteiger partial charge in [0.1, 0.15) is 0 Å². The molecule has 1 aromatic carbocycles. The van der Waals surface area contributed by atoms with Crippen molar-refractivity contribution >= 4 is 11.8 Å². The van der Waals surface area contributed by atoms with Crippen LogP contribution in [0, 0.1) is 5.41 Å². The lowest BCUT2D eigenvalue weighted by molar-refractivity contribution is -0.215. The molecule has 0 amide bonds. The first-order valence-corrected chi connectivity index (χ1v) is 8.83. The van der Waals surface area contributed by atoms with E-state index in [-0.39, 0.29) is 6.61 Å². The second kappa shape index (κ2) is 6.71. The first kappa shape index (κ1) is 19.5. The number of rotatable bonds is 4. The number of aliphatic hydroxyl groups is 1. The van der Waals surface area contributed by atoms with Crippen LogP contribution in [-0.4, -0.2) is 27.1 Å². The Morgan fingerprint density at radius 2 is 1.89 bits per heavy atom. The lowest BCUT2D eigenvalue weighted by Gasteiger charge is -2.47. The predicted molar refractivity (Wildman–Crippen MR) is 99.1 cm³/mol. The van der Waals surface area contributed by atoms with E-state index in [1.807, 2.05) is 31.2 Å². The van der Waals surface area contributed by atoms with Crippen LogP contribution in [0.5, 0.6) is 0 Å². The van der Waals surface area contributed by atoms with Crippen LogP contribution in [0.3, 0.4) is 0 Å². The molecule has 0 saturated carbocycles. The monoisotopic (exact) mass is 379 g/mol. The minimum absolute atomic E-state index is 0.227. The Morgan fingerprint density at radius 3 is 2.52 bits per heavy atom. The Morgan fingerprint density at radius 1 is 1.22 bits per heavy atom. The maximum atomic E-state index is 13.9. The fourth-order valence-corrected chi connectivity index (χ4v) is 3.68. The summed E-state index contributed by atoms with van der Waals surface area (Å²) in [5, 5.41) is 13.9. The lowest BCUT2D eigenvalue weighted by atomic mass is 9.79. The summed E-state index contributed by atoms with van der Waals surface area (Å²) in [6.45, 7) is 4.08. The fourth-order valence-electron chi connectivity index (χ4n) is 3.68. The Bertz CT molecular complexity index is 854. The van der Waals surface area contributed by atoms with Gasteiger partial charge in [0, 0.05) is 18.3 Å². The largest absolute Gasteiger partial charge is 0.396 e. The lowest BCUT2D eigenvalue weighted by Crippen LogP contribution is -2.53. The van der Waals surface area contributed by atoms with Gasteiger partial charge in [0.05, 0.1) is 36.0 Å². The quantitative estimate of drug-likeness (QED) is 0.853. The first-order valence-electron chi connectivity index (χ1n) is 8.83. The van der Waals surface area contributed by atoms with E-state index in [0.29, 0.717) is 11.3 Å². The maximum Gasteiger partial charge on any atom is 0.396 e. The van der Waals surface area contributed by atoms with Gasteiger partial charge in [0.2, 0.25) is 0 Å². The topological polar surface area (TPSA) is 41.3 Å². The van der Waals surface area contributed by atoms with Crippen molar-refractivity contribution in [3.63, 3.8) is 0 Å². The number of benzene rings is 1. The van der Waals surface area contributed by atoms with Gasteiger partial charge in [-0.05, 0) is 32.4 Å². The number of hydrogen-bond donors (Lipinski definition) is 1. The minimum Gasteiger partial charge on any atom is -0.390 e. The zero-order chi connectivity index (χ0) is 20.0. The molecule has 1 aliphatic rings. The third-order valence-corrected chi connectivity index (χ3v) is 5.55. The number of nitrogens with zero attached hydrogens (tertiary/aromatic N) is 3. The average Bonchev–Trinajstić information content (AvgIpc) is 2.99. The van der Waals surface area contributed by atoms with E-state index >= 15 is 0 Å². The van der Waals surface area contributed by atoms with Crippen LogP contribution in [0.1, 0.15) is 43.6 Å². The molecule has 4 nitrogen and oxygen atoms in total. The van der Waals surface area contributed by atoms with Crippen molar-refractivity contribution < 1.29 is 18.3 Å². The number of anilines is 1. The summed E-state index contributed by atoms with van der Waals surface area (Å²) in [5.41, 5.74) is 0.953. The van der Waals surface area contributed by atoms with Gasteiger partial charge in [-0.15, -0.1) is 0 Å². The summed E-state index contributed by atoms with van der Waals surface area (Å²) in [5.74, 6) is 0. The maximum absolute atomic E-state index is 13.9. The van der Waals surface area contributed by atoms with Gasteiger partial charge in [-0.3, -0.25) is 4.68 Å². The molecule has 2 heterocycles. The van der Waals surface area contributed by atoms with Crippen LogP contribution in [0.25, 0.3) is 6.08 Å². The highest BCUT2D eigenvalue weighted by Crippen LogP contribution is 2.48. The molecule has 2 unspecified atom stereocenters. The molecule has 1 aromatic heterocycles.